The van der Waals surface area contributed by atoms with Crippen molar-refractivity contribution in [1.82, 2.24) is 15.1 Å². The van der Waals surface area contributed by atoms with Gasteiger partial charge in [-0.2, -0.15) is 0 Å². The molecule has 1 N–H and O–H groups in total. The minimum atomic E-state index is 0.282. The maximum atomic E-state index is 3.80. The quantitative estimate of drug-likeness (QED) is 0.761. The SMILES string of the molecule is CN(C)C1CCN(C(C)(C)CNCC2CC3C=CC2C3)CC1. The molecule has 1 heterocycles. The van der Waals surface area contributed by atoms with Crippen molar-refractivity contribution in [2.75, 3.05) is 40.3 Å². The molecular formula is C19H35N3. The van der Waals surface area contributed by atoms with Crippen LogP contribution in [0.1, 0.15) is 39.5 Å². The fourth-order valence-electron chi connectivity index (χ4n) is 4.79. The zero-order chi connectivity index (χ0) is 15.7. The lowest BCUT2D eigenvalue weighted by molar-refractivity contribution is 0.0611. The minimum absolute atomic E-state index is 0.282. The summed E-state index contributed by atoms with van der Waals surface area (Å²) >= 11 is 0. The van der Waals surface area contributed by atoms with Gasteiger partial charge in [-0.15, -0.1) is 0 Å². The highest BCUT2D eigenvalue weighted by Gasteiger charge is 2.36. The Kier molecular flexibility index (Phi) is 4.96. The number of likely N-dealkylation sites (tertiary alicyclic amines) is 1. The summed E-state index contributed by atoms with van der Waals surface area (Å²) in [6, 6.07) is 0.779. The Balaban J connectivity index is 1.40. The first-order valence-corrected chi connectivity index (χ1v) is 9.26. The van der Waals surface area contributed by atoms with E-state index in [1.165, 1.54) is 45.3 Å². The van der Waals surface area contributed by atoms with Gasteiger partial charge in [-0.05, 0) is 77.9 Å². The van der Waals surface area contributed by atoms with Gasteiger partial charge in [0.05, 0.1) is 0 Å². The Morgan fingerprint density at radius 3 is 2.41 bits per heavy atom. The zero-order valence-corrected chi connectivity index (χ0v) is 15.0. The van der Waals surface area contributed by atoms with Gasteiger partial charge in [-0.25, -0.2) is 0 Å². The van der Waals surface area contributed by atoms with Gasteiger partial charge in [0.25, 0.3) is 0 Å². The van der Waals surface area contributed by atoms with E-state index in [1.54, 1.807) is 0 Å². The second-order valence-electron chi connectivity index (χ2n) is 8.67. The third-order valence-electron chi connectivity index (χ3n) is 6.43. The summed E-state index contributed by atoms with van der Waals surface area (Å²) in [6.45, 7) is 9.65. The normalized spacial score (nSPS) is 33.2. The molecule has 2 aliphatic carbocycles. The molecule has 3 nitrogen and oxygen atoms in total. The number of piperidine rings is 1. The van der Waals surface area contributed by atoms with E-state index in [0.29, 0.717) is 0 Å². The van der Waals surface area contributed by atoms with Crippen molar-refractivity contribution < 1.29 is 0 Å². The van der Waals surface area contributed by atoms with Crippen molar-refractivity contribution in [2.24, 2.45) is 17.8 Å². The van der Waals surface area contributed by atoms with Crippen molar-refractivity contribution in [3.63, 3.8) is 0 Å². The van der Waals surface area contributed by atoms with E-state index in [2.05, 4.69) is 55.2 Å². The lowest BCUT2D eigenvalue weighted by Crippen LogP contribution is -2.55. The van der Waals surface area contributed by atoms with Gasteiger partial charge in [0.1, 0.15) is 0 Å². The summed E-state index contributed by atoms with van der Waals surface area (Å²) in [7, 11) is 4.44. The highest BCUT2D eigenvalue weighted by atomic mass is 15.2. The van der Waals surface area contributed by atoms with Crippen LogP contribution in [-0.4, -0.2) is 61.7 Å². The molecule has 2 bridgehead atoms. The Morgan fingerprint density at radius 1 is 1.14 bits per heavy atom. The van der Waals surface area contributed by atoms with E-state index in [-0.39, 0.29) is 5.54 Å². The molecule has 0 amide bonds. The van der Waals surface area contributed by atoms with E-state index in [0.717, 1.165) is 30.3 Å². The van der Waals surface area contributed by atoms with Crippen LogP contribution in [0.15, 0.2) is 12.2 Å². The number of hydrogen-bond acceptors (Lipinski definition) is 3. The van der Waals surface area contributed by atoms with Crippen molar-refractivity contribution >= 4 is 0 Å². The lowest BCUT2D eigenvalue weighted by Gasteiger charge is -2.44. The van der Waals surface area contributed by atoms with Crippen molar-refractivity contribution in [3.8, 4) is 0 Å². The van der Waals surface area contributed by atoms with Crippen LogP contribution in [0.25, 0.3) is 0 Å². The first-order valence-electron chi connectivity index (χ1n) is 9.26. The molecule has 1 saturated heterocycles. The van der Waals surface area contributed by atoms with E-state index in [1.807, 2.05) is 0 Å². The van der Waals surface area contributed by atoms with Gasteiger partial charge in [0.2, 0.25) is 0 Å². The number of nitrogens with one attached hydrogen (secondary N) is 1. The molecule has 3 heteroatoms. The average Bonchev–Trinajstić information content (AvgIpc) is 3.10. The molecule has 0 aromatic rings. The van der Waals surface area contributed by atoms with Gasteiger partial charge in [0.15, 0.2) is 0 Å². The molecule has 126 valence electrons. The third kappa shape index (κ3) is 3.58. The molecule has 3 rings (SSSR count). The second kappa shape index (κ2) is 6.62. The first kappa shape index (κ1) is 16.5. The summed E-state index contributed by atoms with van der Waals surface area (Å²) in [5, 5.41) is 3.80. The molecule has 0 aromatic heterocycles. The van der Waals surface area contributed by atoms with Gasteiger partial charge >= 0.3 is 0 Å². The fourth-order valence-corrected chi connectivity index (χ4v) is 4.79. The topological polar surface area (TPSA) is 18.5 Å². The maximum Gasteiger partial charge on any atom is 0.0277 e. The van der Waals surface area contributed by atoms with Crippen molar-refractivity contribution in [1.29, 1.82) is 0 Å². The molecule has 3 unspecified atom stereocenters. The van der Waals surface area contributed by atoms with Crippen LogP contribution in [0.4, 0.5) is 0 Å². The minimum Gasteiger partial charge on any atom is -0.315 e. The largest absolute Gasteiger partial charge is 0.315 e. The Hall–Kier alpha value is -0.380. The van der Waals surface area contributed by atoms with Crippen LogP contribution >= 0.6 is 0 Å². The molecule has 1 saturated carbocycles. The smallest absolute Gasteiger partial charge is 0.0277 e. The second-order valence-corrected chi connectivity index (χ2v) is 8.67. The highest BCUT2D eigenvalue weighted by Crippen LogP contribution is 2.43. The fraction of sp³-hybridized carbons (Fsp3) is 0.895. The molecule has 3 aliphatic rings. The van der Waals surface area contributed by atoms with E-state index in [4.69, 9.17) is 0 Å². The summed E-state index contributed by atoms with van der Waals surface area (Å²) in [4.78, 5) is 5.09. The van der Waals surface area contributed by atoms with E-state index >= 15 is 0 Å². The molecular weight excluding hydrogens is 270 g/mol. The highest BCUT2D eigenvalue weighted by molar-refractivity contribution is 5.10. The summed E-state index contributed by atoms with van der Waals surface area (Å²) in [5.74, 6) is 2.66. The van der Waals surface area contributed by atoms with E-state index < -0.39 is 0 Å². The number of hydrogen-bond donors (Lipinski definition) is 1. The molecule has 0 spiro atoms. The number of fused-ring (bicyclic) bond motifs is 2. The maximum absolute atomic E-state index is 3.80. The summed E-state index contributed by atoms with van der Waals surface area (Å²) in [5.41, 5.74) is 0.282. The van der Waals surface area contributed by atoms with Gasteiger partial charge in [-0.1, -0.05) is 12.2 Å². The van der Waals surface area contributed by atoms with Crippen LogP contribution in [0.5, 0.6) is 0 Å². The van der Waals surface area contributed by atoms with Crippen molar-refractivity contribution in [2.45, 2.75) is 51.1 Å². The monoisotopic (exact) mass is 305 g/mol. The number of allylic oxidation sites excluding steroid dienone is 2. The predicted molar refractivity (Wildman–Crippen MR) is 94.1 cm³/mol. The van der Waals surface area contributed by atoms with Crippen LogP contribution < -0.4 is 5.32 Å². The average molecular weight is 306 g/mol. The molecule has 3 atom stereocenters. The summed E-state index contributed by atoms with van der Waals surface area (Å²) < 4.78 is 0. The molecule has 0 aromatic carbocycles. The predicted octanol–water partition coefficient (Wildman–Crippen LogP) is 2.59. The van der Waals surface area contributed by atoms with E-state index in [9.17, 15) is 0 Å². The Bertz CT molecular complexity index is 393. The summed E-state index contributed by atoms with van der Waals surface area (Å²) in [6.07, 6.45) is 10.4. The van der Waals surface area contributed by atoms with Crippen LogP contribution in [0.3, 0.4) is 0 Å². The zero-order valence-electron chi connectivity index (χ0n) is 15.0. The Morgan fingerprint density at radius 2 is 1.86 bits per heavy atom. The Labute approximate surface area is 137 Å². The molecule has 0 radical (unpaired) electrons. The van der Waals surface area contributed by atoms with Crippen LogP contribution in [0, 0.1) is 17.8 Å². The lowest BCUT2D eigenvalue weighted by atomic mass is 9.92. The standard InChI is InChI=1S/C19H35N3/c1-19(2,22-9-7-18(8-10-22)21(3)4)14-20-13-17-12-15-5-6-16(17)11-15/h5-6,15-18,20H,7-14H2,1-4H3. The molecule has 22 heavy (non-hydrogen) atoms. The van der Waals surface area contributed by atoms with Crippen molar-refractivity contribution in [3.05, 3.63) is 12.2 Å². The molecule has 1 aliphatic heterocycles. The number of nitrogens with zero attached hydrogens (tertiary/aromatic N) is 2. The van der Waals surface area contributed by atoms with Gasteiger partial charge in [0, 0.05) is 31.2 Å². The molecule has 2 fully saturated rings. The van der Waals surface area contributed by atoms with Crippen LogP contribution in [0.2, 0.25) is 0 Å². The third-order valence-corrected chi connectivity index (χ3v) is 6.43. The number of rotatable bonds is 6. The van der Waals surface area contributed by atoms with Gasteiger partial charge in [-0.3, -0.25) is 4.90 Å². The first-order chi connectivity index (χ1) is 10.5. The van der Waals surface area contributed by atoms with Crippen LogP contribution in [-0.2, 0) is 0 Å². The van der Waals surface area contributed by atoms with Gasteiger partial charge < -0.3 is 10.2 Å².